The molecule has 0 aliphatic rings. The van der Waals surface area contributed by atoms with Crippen molar-refractivity contribution in [2.75, 3.05) is 37.7 Å². The Bertz CT molecular complexity index is 885. The molecule has 10 nitrogen and oxygen atoms in total. The van der Waals surface area contributed by atoms with Gasteiger partial charge in [0.1, 0.15) is 0 Å². The van der Waals surface area contributed by atoms with E-state index in [9.17, 15) is 36.2 Å². The molecular weight excluding hydrogens is 765 g/mol. The van der Waals surface area contributed by atoms with Crippen molar-refractivity contribution >= 4 is 58.0 Å². The average molecular weight is 853 g/mol. The molecule has 0 spiro atoms. The Balaban J connectivity index is -0.000000966. The predicted molar refractivity (Wildman–Crippen MR) is 232 cm³/mol. The molecular formula is C42H88CaN2O8S2. The molecule has 2 unspecified atom stereocenters. The summed E-state index contributed by atoms with van der Waals surface area (Å²) in [6.07, 6.45) is 40.3. The number of rotatable bonds is 42. The maximum Gasteiger partial charge on any atom is 2.00 e. The van der Waals surface area contributed by atoms with Crippen LogP contribution in [0.25, 0.3) is 0 Å². The van der Waals surface area contributed by atoms with E-state index in [4.69, 9.17) is 0 Å². The monoisotopic (exact) mass is 853 g/mol. The summed E-state index contributed by atoms with van der Waals surface area (Å²) >= 11 is 0. The van der Waals surface area contributed by atoms with Crippen molar-refractivity contribution in [2.45, 2.75) is 232 Å². The van der Waals surface area contributed by atoms with Crippen molar-refractivity contribution in [1.29, 1.82) is 0 Å². The first-order valence-electron chi connectivity index (χ1n) is 22.6. The molecule has 55 heavy (non-hydrogen) atoms. The third-order valence-corrected chi connectivity index (χ3v) is 11.5. The van der Waals surface area contributed by atoms with Gasteiger partial charge in [0.05, 0.1) is 43.9 Å². The van der Waals surface area contributed by atoms with Gasteiger partial charge in [-0.1, -0.05) is 206 Å². The van der Waals surface area contributed by atoms with E-state index in [1.165, 1.54) is 167 Å². The van der Waals surface area contributed by atoms with Crippen LogP contribution in [0.2, 0.25) is 0 Å². The van der Waals surface area contributed by atoms with Crippen LogP contribution < -0.4 is 10.6 Å². The molecule has 0 bridgehead atoms. The minimum absolute atomic E-state index is 0. The van der Waals surface area contributed by atoms with Crippen LogP contribution in [-0.2, 0) is 20.2 Å². The Morgan fingerprint density at radius 3 is 0.800 bits per heavy atom. The topological polar surface area (TPSA) is 179 Å². The first kappa shape index (κ1) is 60.2. The van der Waals surface area contributed by atoms with E-state index < -0.39 is 43.9 Å². The van der Waals surface area contributed by atoms with Crippen molar-refractivity contribution in [3.8, 4) is 0 Å². The number of hydrogen-bond acceptors (Lipinski definition) is 10. The molecule has 0 radical (unpaired) electrons. The van der Waals surface area contributed by atoms with E-state index >= 15 is 0 Å². The Morgan fingerprint density at radius 2 is 0.600 bits per heavy atom. The van der Waals surface area contributed by atoms with Crippen molar-refractivity contribution in [3.05, 3.63) is 0 Å². The maximum atomic E-state index is 10.4. The third kappa shape index (κ3) is 59.3. The summed E-state index contributed by atoms with van der Waals surface area (Å²) in [4.78, 5) is 0. The Hall–Kier alpha value is 0.920. The molecule has 0 aliphatic carbocycles. The molecule has 328 valence electrons. The fourth-order valence-electron chi connectivity index (χ4n) is 6.64. The first-order valence-corrected chi connectivity index (χ1v) is 25.7. The summed E-state index contributed by atoms with van der Waals surface area (Å²) in [5.74, 6) is -0.836. The van der Waals surface area contributed by atoms with Crippen LogP contribution in [0.4, 0.5) is 0 Å². The van der Waals surface area contributed by atoms with Gasteiger partial charge >= 0.3 is 37.7 Å². The van der Waals surface area contributed by atoms with Crippen LogP contribution in [0.5, 0.6) is 0 Å². The minimum atomic E-state index is -4.16. The molecule has 0 aromatic rings. The summed E-state index contributed by atoms with van der Waals surface area (Å²) in [6, 6.07) is 0. The Labute approximate surface area is 371 Å². The van der Waals surface area contributed by atoms with Crippen molar-refractivity contribution in [2.24, 2.45) is 0 Å². The zero-order valence-corrected chi connectivity index (χ0v) is 39.7. The van der Waals surface area contributed by atoms with Crippen molar-refractivity contribution in [3.63, 3.8) is 0 Å². The van der Waals surface area contributed by atoms with Gasteiger partial charge in [0.15, 0.2) is 0 Å². The van der Waals surface area contributed by atoms with Crippen LogP contribution in [0.1, 0.15) is 219 Å². The number of aliphatic hydroxyl groups excluding tert-OH is 2. The SMILES string of the molecule is CCCCCCCCCCCCCCCCCC(O)CNCCS(=O)(=O)[O-].CCCCCCCCCCCCCCCCCC(O)CNCCS(=O)(=O)[O-].[Ca+2]. The van der Waals surface area contributed by atoms with Crippen LogP contribution >= 0.6 is 0 Å². The first-order chi connectivity index (χ1) is 25.9. The predicted octanol–water partition coefficient (Wildman–Crippen LogP) is 9.11. The molecule has 0 rings (SSSR count). The van der Waals surface area contributed by atoms with E-state index in [0.717, 1.165) is 38.5 Å². The molecule has 0 heterocycles. The van der Waals surface area contributed by atoms with Crippen molar-refractivity contribution < 1.29 is 36.2 Å². The summed E-state index contributed by atoms with van der Waals surface area (Å²) in [5.41, 5.74) is 0. The fourth-order valence-corrected chi connectivity index (χ4v) is 7.43. The van der Waals surface area contributed by atoms with Gasteiger partial charge in [0.25, 0.3) is 0 Å². The molecule has 0 aromatic heterocycles. The smallest absolute Gasteiger partial charge is 0.748 e. The van der Waals surface area contributed by atoms with Gasteiger partial charge in [-0.2, -0.15) is 0 Å². The molecule has 4 N–H and O–H groups in total. The third-order valence-electron chi connectivity index (χ3n) is 10.1. The van der Waals surface area contributed by atoms with E-state index in [2.05, 4.69) is 24.5 Å². The molecule has 0 aliphatic heterocycles. The van der Waals surface area contributed by atoms with Gasteiger partial charge in [0.2, 0.25) is 0 Å². The van der Waals surface area contributed by atoms with Gasteiger partial charge in [-0.3, -0.25) is 0 Å². The number of aliphatic hydroxyl groups is 2. The molecule has 13 heteroatoms. The molecule has 0 saturated carbocycles. The summed E-state index contributed by atoms with van der Waals surface area (Å²) in [7, 11) is -8.32. The Kier molecular flexibility index (Phi) is 50.4. The quantitative estimate of drug-likeness (QED) is 0.0263. The average Bonchev–Trinajstić information content (AvgIpc) is 3.11. The van der Waals surface area contributed by atoms with Gasteiger partial charge in [-0.05, 0) is 12.8 Å². The molecule has 0 amide bonds. The van der Waals surface area contributed by atoms with Gasteiger partial charge in [-0.15, -0.1) is 0 Å². The fraction of sp³-hybridized carbons (Fsp3) is 1.00. The largest absolute Gasteiger partial charge is 2.00 e. The van der Waals surface area contributed by atoms with E-state index in [-0.39, 0.29) is 50.8 Å². The molecule has 2 atom stereocenters. The van der Waals surface area contributed by atoms with Crippen molar-refractivity contribution in [1.82, 2.24) is 10.6 Å². The van der Waals surface area contributed by atoms with Gasteiger partial charge in [-0.25, -0.2) is 16.8 Å². The van der Waals surface area contributed by atoms with Gasteiger partial charge < -0.3 is 30.0 Å². The van der Waals surface area contributed by atoms with Crippen LogP contribution in [0.3, 0.4) is 0 Å². The molecule has 0 fully saturated rings. The number of unbranched alkanes of at least 4 members (excludes halogenated alkanes) is 28. The minimum Gasteiger partial charge on any atom is -0.748 e. The van der Waals surface area contributed by atoms with E-state index in [0.29, 0.717) is 13.1 Å². The molecule has 0 saturated heterocycles. The number of nitrogens with one attached hydrogen (secondary N) is 2. The maximum absolute atomic E-state index is 10.4. The summed E-state index contributed by atoms with van der Waals surface area (Å²) < 4.78 is 62.7. The molecule has 0 aromatic carbocycles. The van der Waals surface area contributed by atoms with Gasteiger partial charge in [0, 0.05) is 26.2 Å². The number of hydrogen-bond donors (Lipinski definition) is 4. The zero-order chi connectivity index (χ0) is 40.4. The normalized spacial score (nSPS) is 12.9. The second-order valence-corrected chi connectivity index (χ2v) is 18.8. The van der Waals surface area contributed by atoms with E-state index in [1.807, 2.05) is 0 Å². The standard InChI is InChI=1S/2C21H45NO4S.Ca/c2*1-2-3-4-5-6-7-8-9-10-11-12-13-14-15-16-17-21(23)20-22-18-19-27(24,25)26;/h2*21-23H,2-20H2,1H3,(H,24,25,26);/q;;+2/p-2. The van der Waals surface area contributed by atoms with Crippen LogP contribution in [0.15, 0.2) is 0 Å². The van der Waals surface area contributed by atoms with Crippen LogP contribution in [-0.4, -0.2) is 124 Å². The second kappa shape index (κ2) is 46.0. The Morgan fingerprint density at radius 1 is 0.400 bits per heavy atom. The zero-order valence-electron chi connectivity index (χ0n) is 35.9. The summed E-state index contributed by atoms with van der Waals surface area (Å²) in [6.45, 7) is 5.46. The van der Waals surface area contributed by atoms with E-state index in [1.54, 1.807) is 0 Å². The summed E-state index contributed by atoms with van der Waals surface area (Å²) in [5, 5.41) is 25.2. The second-order valence-electron chi connectivity index (χ2n) is 15.7. The van der Waals surface area contributed by atoms with Crippen LogP contribution in [0, 0.1) is 0 Å².